The molecule has 0 bridgehead atoms. The van der Waals surface area contributed by atoms with Gasteiger partial charge in [0.2, 0.25) is 5.91 Å². The molecule has 1 aliphatic heterocycles. The maximum atomic E-state index is 11.9. The Hall–Kier alpha value is -2.08. The van der Waals surface area contributed by atoms with Crippen molar-refractivity contribution < 1.29 is 19.1 Å². The summed E-state index contributed by atoms with van der Waals surface area (Å²) in [6, 6.07) is 5.37. The monoisotopic (exact) mass is 347 g/mol. The predicted octanol–water partition coefficient (Wildman–Crippen LogP) is 2.51. The van der Waals surface area contributed by atoms with Crippen molar-refractivity contribution >= 4 is 35.0 Å². The highest BCUT2D eigenvalue weighted by molar-refractivity contribution is 8.00. The van der Waals surface area contributed by atoms with Gasteiger partial charge in [0, 0.05) is 11.3 Å². The zero-order valence-corrected chi connectivity index (χ0v) is 14.9. The van der Waals surface area contributed by atoms with Gasteiger partial charge >= 0.3 is 5.97 Å². The second-order valence-electron chi connectivity index (χ2n) is 5.78. The summed E-state index contributed by atoms with van der Waals surface area (Å²) in [6.07, 6.45) is 2.15. The van der Waals surface area contributed by atoms with Crippen molar-refractivity contribution in [1.29, 1.82) is 0 Å². The van der Waals surface area contributed by atoms with Gasteiger partial charge in [-0.25, -0.2) is 4.79 Å². The molecule has 1 aromatic carbocycles. The SMILES string of the molecule is CC(=O)/C=C(/C)c1ccc(SCC(=O)NC2CCOC2=O)cc1C. The van der Waals surface area contributed by atoms with Gasteiger partial charge in [-0.1, -0.05) is 6.07 Å². The number of thioether (sulfide) groups is 1. The summed E-state index contributed by atoms with van der Waals surface area (Å²) in [4.78, 5) is 35.4. The van der Waals surface area contributed by atoms with Crippen LogP contribution in [0.25, 0.3) is 5.57 Å². The molecule has 6 heteroatoms. The van der Waals surface area contributed by atoms with Crippen LogP contribution in [0.4, 0.5) is 0 Å². The first-order valence-corrected chi connectivity index (χ1v) is 8.74. The summed E-state index contributed by atoms with van der Waals surface area (Å²) >= 11 is 1.41. The van der Waals surface area contributed by atoms with Crippen LogP contribution in [0.15, 0.2) is 29.2 Å². The number of amides is 1. The van der Waals surface area contributed by atoms with E-state index in [0.29, 0.717) is 13.0 Å². The van der Waals surface area contributed by atoms with E-state index in [-0.39, 0.29) is 23.4 Å². The van der Waals surface area contributed by atoms with E-state index in [2.05, 4.69) is 5.32 Å². The van der Waals surface area contributed by atoms with E-state index in [1.54, 1.807) is 6.08 Å². The molecule has 1 saturated heterocycles. The van der Waals surface area contributed by atoms with Crippen LogP contribution in [0, 0.1) is 6.92 Å². The summed E-state index contributed by atoms with van der Waals surface area (Å²) < 4.78 is 4.82. The van der Waals surface area contributed by atoms with Crippen molar-refractivity contribution in [2.45, 2.75) is 38.1 Å². The molecule has 0 aromatic heterocycles. The van der Waals surface area contributed by atoms with Crippen molar-refractivity contribution in [3.05, 3.63) is 35.4 Å². The van der Waals surface area contributed by atoms with Crippen LogP contribution in [0.1, 0.15) is 31.4 Å². The molecule has 0 spiro atoms. The van der Waals surface area contributed by atoms with E-state index in [1.165, 1.54) is 18.7 Å². The third kappa shape index (κ3) is 4.96. The van der Waals surface area contributed by atoms with Gasteiger partial charge in [-0.05, 0) is 55.7 Å². The van der Waals surface area contributed by atoms with E-state index in [4.69, 9.17) is 4.74 Å². The zero-order valence-electron chi connectivity index (χ0n) is 14.0. The normalized spacial score (nSPS) is 17.5. The minimum Gasteiger partial charge on any atom is -0.464 e. The molecule has 2 rings (SSSR count). The Bertz CT molecular complexity index is 696. The third-order valence-electron chi connectivity index (χ3n) is 3.68. The number of rotatable bonds is 6. The Morgan fingerprint density at radius 3 is 2.71 bits per heavy atom. The van der Waals surface area contributed by atoms with E-state index in [9.17, 15) is 14.4 Å². The van der Waals surface area contributed by atoms with Crippen LogP contribution >= 0.6 is 11.8 Å². The topological polar surface area (TPSA) is 72.5 Å². The summed E-state index contributed by atoms with van der Waals surface area (Å²) in [6.45, 7) is 5.78. The molecule has 1 unspecified atom stereocenters. The van der Waals surface area contributed by atoms with Gasteiger partial charge in [0.25, 0.3) is 0 Å². The number of cyclic esters (lactones) is 1. The van der Waals surface area contributed by atoms with Crippen molar-refractivity contribution in [2.75, 3.05) is 12.4 Å². The van der Waals surface area contributed by atoms with Crippen LogP contribution in [-0.2, 0) is 19.1 Å². The summed E-state index contributed by atoms with van der Waals surface area (Å²) in [5.74, 6) is -0.280. The average Bonchev–Trinajstić information content (AvgIpc) is 2.89. The minimum absolute atomic E-state index is 0.0208. The first-order valence-electron chi connectivity index (χ1n) is 7.75. The van der Waals surface area contributed by atoms with E-state index in [1.807, 2.05) is 32.0 Å². The number of allylic oxidation sites excluding steroid dienone is 2. The number of hydrogen-bond donors (Lipinski definition) is 1. The fourth-order valence-electron chi connectivity index (χ4n) is 2.56. The first kappa shape index (κ1) is 18.3. The lowest BCUT2D eigenvalue weighted by atomic mass is 10.0. The molecule has 1 atom stereocenters. The molecule has 1 aliphatic rings. The predicted molar refractivity (Wildman–Crippen MR) is 93.7 cm³/mol. The van der Waals surface area contributed by atoms with Gasteiger partial charge in [-0.15, -0.1) is 11.8 Å². The van der Waals surface area contributed by atoms with Crippen LogP contribution in [-0.4, -0.2) is 36.1 Å². The molecule has 0 aliphatic carbocycles. The summed E-state index contributed by atoms with van der Waals surface area (Å²) in [7, 11) is 0. The van der Waals surface area contributed by atoms with Gasteiger partial charge in [-0.2, -0.15) is 0 Å². The van der Waals surface area contributed by atoms with Crippen LogP contribution in [0.2, 0.25) is 0 Å². The molecule has 0 radical (unpaired) electrons. The van der Waals surface area contributed by atoms with Crippen molar-refractivity contribution in [1.82, 2.24) is 5.32 Å². The van der Waals surface area contributed by atoms with Crippen LogP contribution in [0.3, 0.4) is 0 Å². The molecule has 128 valence electrons. The van der Waals surface area contributed by atoms with Gasteiger partial charge in [0.1, 0.15) is 6.04 Å². The largest absolute Gasteiger partial charge is 0.464 e. The molecular weight excluding hydrogens is 326 g/mol. The molecule has 24 heavy (non-hydrogen) atoms. The fraction of sp³-hybridized carbons (Fsp3) is 0.389. The number of ketones is 1. The Morgan fingerprint density at radius 2 is 2.12 bits per heavy atom. The summed E-state index contributed by atoms with van der Waals surface area (Å²) in [5, 5.41) is 2.68. The lowest BCUT2D eigenvalue weighted by molar-refractivity contribution is -0.141. The smallest absolute Gasteiger partial charge is 0.328 e. The Kier molecular flexibility index (Phi) is 6.20. The van der Waals surface area contributed by atoms with E-state index < -0.39 is 6.04 Å². The highest BCUT2D eigenvalue weighted by atomic mass is 32.2. The highest BCUT2D eigenvalue weighted by Gasteiger charge is 2.27. The lowest BCUT2D eigenvalue weighted by Crippen LogP contribution is -2.38. The molecule has 0 saturated carbocycles. The number of esters is 1. The Balaban J connectivity index is 1.93. The molecule has 1 aromatic rings. The van der Waals surface area contributed by atoms with E-state index in [0.717, 1.165) is 21.6 Å². The lowest BCUT2D eigenvalue weighted by Gasteiger charge is -2.10. The standard InChI is InChI=1S/C18H21NO4S/c1-11(8-13(3)20)15-5-4-14(9-12(15)2)24-10-17(21)19-16-6-7-23-18(16)22/h4-5,8-9,16H,6-7,10H2,1-3H3,(H,19,21)/b11-8-. The number of carbonyl (C=O) groups is 3. The molecule has 1 heterocycles. The van der Waals surface area contributed by atoms with Crippen LogP contribution < -0.4 is 5.32 Å². The first-order chi connectivity index (χ1) is 11.4. The van der Waals surface area contributed by atoms with Crippen molar-refractivity contribution in [3.8, 4) is 0 Å². The van der Waals surface area contributed by atoms with Gasteiger partial charge in [-0.3, -0.25) is 9.59 Å². The second kappa shape index (κ2) is 8.15. The number of aryl methyl sites for hydroxylation is 1. The molecule has 1 N–H and O–H groups in total. The Morgan fingerprint density at radius 1 is 1.38 bits per heavy atom. The molecule has 5 nitrogen and oxygen atoms in total. The maximum absolute atomic E-state index is 11.9. The molecular formula is C18H21NO4S. The van der Waals surface area contributed by atoms with Gasteiger partial charge < -0.3 is 10.1 Å². The van der Waals surface area contributed by atoms with Crippen molar-refractivity contribution in [2.24, 2.45) is 0 Å². The minimum atomic E-state index is -0.512. The molecule has 1 amide bonds. The number of hydrogen-bond acceptors (Lipinski definition) is 5. The van der Waals surface area contributed by atoms with Gasteiger partial charge in [0.05, 0.1) is 12.4 Å². The number of ether oxygens (including phenoxy) is 1. The fourth-order valence-corrected chi connectivity index (χ4v) is 3.37. The summed E-state index contributed by atoms with van der Waals surface area (Å²) in [5.41, 5.74) is 3.00. The quantitative estimate of drug-likeness (QED) is 0.486. The highest BCUT2D eigenvalue weighted by Crippen LogP contribution is 2.25. The van der Waals surface area contributed by atoms with Crippen LogP contribution in [0.5, 0.6) is 0 Å². The maximum Gasteiger partial charge on any atom is 0.328 e. The third-order valence-corrected chi connectivity index (χ3v) is 4.68. The number of carbonyl (C=O) groups excluding carboxylic acids is 3. The molecule has 1 fully saturated rings. The van der Waals surface area contributed by atoms with Crippen molar-refractivity contribution in [3.63, 3.8) is 0 Å². The number of nitrogens with one attached hydrogen (secondary N) is 1. The number of benzene rings is 1. The average molecular weight is 347 g/mol. The van der Waals surface area contributed by atoms with Gasteiger partial charge in [0.15, 0.2) is 5.78 Å². The second-order valence-corrected chi connectivity index (χ2v) is 6.83. The van der Waals surface area contributed by atoms with E-state index >= 15 is 0 Å². The zero-order chi connectivity index (χ0) is 17.7. The Labute approximate surface area is 145 Å².